The first-order valence-corrected chi connectivity index (χ1v) is 9.47. The number of thiophene rings is 1. The van der Waals surface area contributed by atoms with E-state index in [1.54, 1.807) is 6.20 Å². The van der Waals surface area contributed by atoms with Crippen LogP contribution in [-0.4, -0.2) is 57.2 Å². The second-order valence-electron chi connectivity index (χ2n) is 6.81. The Morgan fingerprint density at radius 3 is 3.00 bits per heavy atom. The molecule has 0 atom stereocenters. The first-order chi connectivity index (χ1) is 12.6. The number of aromatic nitrogens is 4. The molecule has 0 bridgehead atoms. The molecular formula is C17H19N5O3S. The monoisotopic (exact) mass is 373 g/mol. The molecule has 2 saturated heterocycles. The minimum atomic E-state index is -0.460. The zero-order valence-electron chi connectivity index (χ0n) is 14.4. The van der Waals surface area contributed by atoms with Crippen LogP contribution in [0, 0.1) is 6.92 Å². The minimum absolute atomic E-state index is 0.0929. The SMILES string of the molecule is Cc1[nH]ncc1-c1cc2nc(CN3CCC4(C3)OCCO4)[nH]c(=O)c2s1. The van der Waals surface area contributed by atoms with Gasteiger partial charge in [0, 0.05) is 29.1 Å². The van der Waals surface area contributed by atoms with Crippen molar-refractivity contribution in [2.75, 3.05) is 26.3 Å². The number of hydrogen-bond donors (Lipinski definition) is 2. The number of fused-ring (bicyclic) bond motifs is 1. The Labute approximate surface area is 153 Å². The molecule has 1 spiro atoms. The Morgan fingerprint density at radius 1 is 1.38 bits per heavy atom. The van der Waals surface area contributed by atoms with Gasteiger partial charge >= 0.3 is 0 Å². The van der Waals surface area contributed by atoms with Crippen LogP contribution in [0.4, 0.5) is 0 Å². The quantitative estimate of drug-likeness (QED) is 0.724. The molecule has 26 heavy (non-hydrogen) atoms. The third-order valence-electron chi connectivity index (χ3n) is 4.99. The van der Waals surface area contributed by atoms with Crippen molar-refractivity contribution in [3.63, 3.8) is 0 Å². The van der Waals surface area contributed by atoms with E-state index in [1.165, 1.54) is 11.3 Å². The summed E-state index contributed by atoms with van der Waals surface area (Å²) in [6.07, 6.45) is 2.63. The Bertz CT molecular complexity index is 1020. The van der Waals surface area contributed by atoms with E-state index in [2.05, 4.69) is 25.1 Å². The van der Waals surface area contributed by atoms with Crippen molar-refractivity contribution >= 4 is 21.6 Å². The van der Waals surface area contributed by atoms with Crippen molar-refractivity contribution in [1.82, 2.24) is 25.1 Å². The standard InChI is InChI=1S/C17H19N5O3S/c1-10-11(7-18-21-10)13-6-12-15(26-13)16(23)20-14(19-12)8-22-3-2-17(9-22)24-4-5-25-17/h6-7H,2-5,8-9H2,1H3,(H,18,21)(H,19,20,23). The highest BCUT2D eigenvalue weighted by Gasteiger charge is 2.43. The van der Waals surface area contributed by atoms with Gasteiger partial charge < -0.3 is 14.5 Å². The predicted octanol–water partition coefficient (Wildman–Crippen LogP) is 1.63. The lowest BCUT2D eigenvalue weighted by molar-refractivity contribution is -0.145. The number of H-pyrrole nitrogens is 2. The summed E-state index contributed by atoms with van der Waals surface area (Å²) < 4.78 is 12.2. The van der Waals surface area contributed by atoms with Gasteiger partial charge in [-0.2, -0.15) is 5.10 Å². The molecule has 0 saturated carbocycles. The summed E-state index contributed by atoms with van der Waals surface area (Å²) >= 11 is 1.44. The Hall–Kier alpha value is -2.07. The summed E-state index contributed by atoms with van der Waals surface area (Å²) in [6.45, 7) is 5.42. The third kappa shape index (κ3) is 2.67. The van der Waals surface area contributed by atoms with Crippen LogP contribution < -0.4 is 5.56 Å². The van der Waals surface area contributed by atoms with E-state index < -0.39 is 5.79 Å². The zero-order chi connectivity index (χ0) is 17.7. The van der Waals surface area contributed by atoms with Crippen molar-refractivity contribution in [2.24, 2.45) is 0 Å². The lowest BCUT2D eigenvalue weighted by atomic mass is 10.2. The molecule has 5 heterocycles. The summed E-state index contributed by atoms with van der Waals surface area (Å²) in [4.78, 5) is 23.3. The molecule has 3 aromatic heterocycles. The number of aromatic amines is 2. The molecule has 0 radical (unpaired) electrons. The van der Waals surface area contributed by atoms with Gasteiger partial charge in [0.25, 0.3) is 5.56 Å². The normalized spacial score (nSPS) is 19.9. The van der Waals surface area contributed by atoms with Crippen molar-refractivity contribution in [2.45, 2.75) is 25.7 Å². The molecule has 2 aliphatic rings. The van der Waals surface area contributed by atoms with Gasteiger partial charge in [-0.05, 0) is 13.0 Å². The van der Waals surface area contributed by atoms with Gasteiger partial charge in [-0.3, -0.25) is 14.8 Å². The van der Waals surface area contributed by atoms with Crippen molar-refractivity contribution in [3.8, 4) is 10.4 Å². The molecule has 0 amide bonds. The summed E-state index contributed by atoms with van der Waals surface area (Å²) in [5, 5.41) is 6.99. The number of aryl methyl sites for hydroxylation is 1. The van der Waals surface area contributed by atoms with Crippen LogP contribution in [0.5, 0.6) is 0 Å². The summed E-state index contributed by atoms with van der Waals surface area (Å²) in [7, 11) is 0. The van der Waals surface area contributed by atoms with Gasteiger partial charge in [-0.1, -0.05) is 0 Å². The summed E-state index contributed by atoms with van der Waals surface area (Å²) in [6, 6.07) is 1.96. The first-order valence-electron chi connectivity index (χ1n) is 8.65. The highest BCUT2D eigenvalue weighted by atomic mass is 32.1. The number of nitrogens with one attached hydrogen (secondary N) is 2. The lowest BCUT2D eigenvalue weighted by Crippen LogP contribution is -2.34. The fraction of sp³-hybridized carbons (Fsp3) is 0.471. The molecule has 3 aromatic rings. The second-order valence-corrected chi connectivity index (χ2v) is 7.87. The molecule has 5 rings (SSSR count). The first kappa shape index (κ1) is 16.1. The van der Waals surface area contributed by atoms with Gasteiger partial charge in [0.1, 0.15) is 10.5 Å². The van der Waals surface area contributed by atoms with Crippen LogP contribution in [0.1, 0.15) is 17.9 Å². The Kier molecular flexibility index (Phi) is 3.71. The number of ether oxygens (including phenoxy) is 2. The average molecular weight is 373 g/mol. The van der Waals surface area contributed by atoms with Crippen LogP contribution in [-0.2, 0) is 16.0 Å². The zero-order valence-corrected chi connectivity index (χ0v) is 15.2. The van der Waals surface area contributed by atoms with Gasteiger partial charge in [-0.25, -0.2) is 4.98 Å². The van der Waals surface area contributed by atoms with E-state index in [9.17, 15) is 4.79 Å². The number of hydrogen-bond acceptors (Lipinski definition) is 7. The van der Waals surface area contributed by atoms with Gasteiger partial charge in [0.2, 0.25) is 0 Å². The average Bonchev–Trinajstić information content (AvgIpc) is 3.37. The molecule has 2 N–H and O–H groups in total. The van der Waals surface area contributed by atoms with Gasteiger partial charge in [0.15, 0.2) is 5.79 Å². The molecular weight excluding hydrogens is 354 g/mol. The van der Waals surface area contributed by atoms with Crippen molar-refractivity contribution < 1.29 is 9.47 Å². The molecule has 0 aromatic carbocycles. The molecule has 2 fully saturated rings. The van der Waals surface area contributed by atoms with E-state index in [-0.39, 0.29) is 5.56 Å². The highest BCUT2D eigenvalue weighted by molar-refractivity contribution is 7.22. The maximum atomic E-state index is 12.5. The topological polar surface area (TPSA) is 96.1 Å². The van der Waals surface area contributed by atoms with E-state index in [0.717, 1.165) is 34.6 Å². The van der Waals surface area contributed by atoms with Crippen LogP contribution >= 0.6 is 11.3 Å². The third-order valence-corrected chi connectivity index (χ3v) is 6.14. The molecule has 0 unspecified atom stereocenters. The molecule has 8 nitrogen and oxygen atoms in total. The van der Waals surface area contributed by atoms with Crippen LogP contribution in [0.2, 0.25) is 0 Å². The van der Waals surface area contributed by atoms with E-state index in [1.807, 2.05) is 13.0 Å². The molecule has 2 aliphatic heterocycles. The summed E-state index contributed by atoms with van der Waals surface area (Å²) in [5.41, 5.74) is 2.62. The summed E-state index contributed by atoms with van der Waals surface area (Å²) in [5.74, 6) is 0.212. The molecule has 0 aliphatic carbocycles. The van der Waals surface area contributed by atoms with Crippen LogP contribution in [0.15, 0.2) is 17.1 Å². The largest absolute Gasteiger partial charge is 0.346 e. The Balaban J connectivity index is 1.42. The van der Waals surface area contributed by atoms with E-state index in [0.29, 0.717) is 36.8 Å². The molecule has 9 heteroatoms. The van der Waals surface area contributed by atoms with Crippen LogP contribution in [0.25, 0.3) is 20.7 Å². The van der Waals surface area contributed by atoms with E-state index >= 15 is 0 Å². The Morgan fingerprint density at radius 2 is 2.23 bits per heavy atom. The molecule has 136 valence electrons. The highest BCUT2D eigenvalue weighted by Crippen LogP contribution is 2.33. The van der Waals surface area contributed by atoms with Crippen LogP contribution in [0.3, 0.4) is 0 Å². The second kappa shape index (κ2) is 5.98. The fourth-order valence-corrected chi connectivity index (χ4v) is 4.76. The number of nitrogens with zero attached hydrogens (tertiary/aromatic N) is 3. The smallest absolute Gasteiger partial charge is 0.268 e. The number of rotatable bonds is 3. The maximum Gasteiger partial charge on any atom is 0.268 e. The minimum Gasteiger partial charge on any atom is -0.346 e. The predicted molar refractivity (Wildman–Crippen MR) is 97.1 cm³/mol. The maximum absolute atomic E-state index is 12.5. The van der Waals surface area contributed by atoms with Gasteiger partial charge in [0.05, 0.1) is 38.0 Å². The number of likely N-dealkylation sites (tertiary alicyclic amines) is 1. The van der Waals surface area contributed by atoms with Gasteiger partial charge in [-0.15, -0.1) is 11.3 Å². The van der Waals surface area contributed by atoms with E-state index in [4.69, 9.17) is 9.47 Å². The lowest BCUT2D eigenvalue weighted by Gasteiger charge is -2.22. The van der Waals surface area contributed by atoms with Crippen molar-refractivity contribution in [3.05, 3.63) is 34.1 Å². The fourth-order valence-electron chi connectivity index (χ4n) is 3.70. The van der Waals surface area contributed by atoms with Crippen molar-refractivity contribution in [1.29, 1.82) is 0 Å².